The maximum atomic E-state index is 13.5. The number of carbonyl (C=O) groups is 1. The van der Waals surface area contributed by atoms with Crippen molar-refractivity contribution in [3.8, 4) is 0 Å². The average molecular weight is 276 g/mol. The molecule has 1 aromatic heterocycles. The molecule has 5 heteroatoms. The fourth-order valence-electron chi connectivity index (χ4n) is 1.91. The van der Waals surface area contributed by atoms with E-state index < -0.39 is 17.7 Å². The summed E-state index contributed by atoms with van der Waals surface area (Å²) in [7, 11) is 0. The number of aromatic nitrogens is 1. The lowest BCUT2D eigenvalue weighted by Gasteiger charge is -2.10. The van der Waals surface area contributed by atoms with Gasteiger partial charge < -0.3 is 5.32 Å². The lowest BCUT2D eigenvalue weighted by atomic mass is 10.1. The van der Waals surface area contributed by atoms with Gasteiger partial charge in [0, 0.05) is 11.9 Å². The molecule has 2 rings (SSSR count). The van der Waals surface area contributed by atoms with Crippen LogP contribution < -0.4 is 5.32 Å². The van der Waals surface area contributed by atoms with Crippen LogP contribution in [0.5, 0.6) is 0 Å². The minimum atomic E-state index is -1.28. The standard InChI is InChI=1S/C15H14F2N2O/c1-2-5-10-6-3-4-7-12(10)19-15(20)11-8-9-18-14(17)13(11)16/h3-4,6-9H,2,5H2,1H3,(H,19,20). The van der Waals surface area contributed by atoms with Gasteiger partial charge in [0.15, 0.2) is 5.82 Å². The summed E-state index contributed by atoms with van der Waals surface area (Å²) < 4.78 is 26.5. The first-order valence-electron chi connectivity index (χ1n) is 6.32. The van der Waals surface area contributed by atoms with Gasteiger partial charge >= 0.3 is 0 Å². The Bertz CT molecular complexity index is 629. The van der Waals surface area contributed by atoms with Gasteiger partial charge in [-0.25, -0.2) is 9.37 Å². The van der Waals surface area contributed by atoms with Crippen molar-refractivity contribution in [3.63, 3.8) is 0 Å². The number of aryl methyl sites for hydroxylation is 1. The highest BCUT2D eigenvalue weighted by molar-refractivity contribution is 6.04. The number of hydrogen-bond donors (Lipinski definition) is 1. The Balaban J connectivity index is 2.26. The van der Waals surface area contributed by atoms with Gasteiger partial charge in [0.1, 0.15) is 0 Å². The van der Waals surface area contributed by atoms with Crippen LogP contribution in [0.1, 0.15) is 29.3 Å². The first kappa shape index (κ1) is 14.1. The quantitative estimate of drug-likeness (QED) is 0.867. The van der Waals surface area contributed by atoms with Gasteiger partial charge in [-0.15, -0.1) is 0 Å². The summed E-state index contributed by atoms with van der Waals surface area (Å²) in [5.74, 6) is -3.20. The second-order valence-corrected chi connectivity index (χ2v) is 4.32. The van der Waals surface area contributed by atoms with Gasteiger partial charge in [0.2, 0.25) is 5.95 Å². The van der Waals surface area contributed by atoms with Crippen LogP contribution in [0, 0.1) is 11.8 Å². The molecule has 1 heterocycles. The van der Waals surface area contributed by atoms with Crippen molar-refractivity contribution in [2.45, 2.75) is 19.8 Å². The molecular formula is C15H14F2N2O. The molecule has 0 bridgehead atoms. The number of hydrogen-bond acceptors (Lipinski definition) is 2. The van der Waals surface area contributed by atoms with Crippen LogP contribution in [0.2, 0.25) is 0 Å². The molecule has 1 N–H and O–H groups in total. The second kappa shape index (κ2) is 6.23. The van der Waals surface area contributed by atoms with Gasteiger partial charge in [-0.1, -0.05) is 31.5 Å². The fourth-order valence-corrected chi connectivity index (χ4v) is 1.91. The van der Waals surface area contributed by atoms with Crippen LogP contribution in [-0.4, -0.2) is 10.9 Å². The topological polar surface area (TPSA) is 42.0 Å². The van der Waals surface area contributed by atoms with E-state index in [9.17, 15) is 13.6 Å². The molecule has 1 aromatic carbocycles. The van der Waals surface area contributed by atoms with E-state index in [4.69, 9.17) is 0 Å². The lowest BCUT2D eigenvalue weighted by molar-refractivity contribution is 0.102. The van der Waals surface area contributed by atoms with Gasteiger partial charge in [0.25, 0.3) is 5.91 Å². The SMILES string of the molecule is CCCc1ccccc1NC(=O)c1ccnc(F)c1F. The summed E-state index contributed by atoms with van der Waals surface area (Å²) in [6.07, 6.45) is 2.78. The van der Waals surface area contributed by atoms with E-state index in [-0.39, 0.29) is 5.56 Å². The van der Waals surface area contributed by atoms with Gasteiger partial charge in [-0.2, -0.15) is 4.39 Å². The lowest BCUT2D eigenvalue weighted by Crippen LogP contribution is -2.16. The van der Waals surface area contributed by atoms with E-state index in [1.807, 2.05) is 19.1 Å². The van der Waals surface area contributed by atoms with Crippen molar-refractivity contribution in [2.75, 3.05) is 5.32 Å². The number of nitrogens with zero attached hydrogens (tertiary/aromatic N) is 1. The van der Waals surface area contributed by atoms with Crippen LogP contribution >= 0.6 is 0 Å². The highest BCUT2D eigenvalue weighted by atomic mass is 19.2. The highest BCUT2D eigenvalue weighted by Crippen LogP contribution is 2.18. The zero-order chi connectivity index (χ0) is 14.5. The number of rotatable bonds is 4. The molecule has 0 aliphatic rings. The number of pyridine rings is 1. The maximum absolute atomic E-state index is 13.5. The molecular weight excluding hydrogens is 262 g/mol. The van der Waals surface area contributed by atoms with Crippen LogP contribution in [0.15, 0.2) is 36.5 Å². The van der Waals surface area contributed by atoms with E-state index >= 15 is 0 Å². The van der Waals surface area contributed by atoms with Gasteiger partial charge in [-0.3, -0.25) is 4.79 Å². The number of nitrogens with one attached hydrogen (secondary N) is 1. The number of carbonyl (C=O) groups excluding carboxylic acids is 1. The molecule has 0 atom stereocenters. The molecule has 0 aliphatic carbocycles. The van der Waals surface area contributed by atoms with Crippen LogP contribution in [0.3, 0.4) is 0 Å². The number of halogens is 2. The minimum absolute atomic E-state index is 0.358. The predicted octanol–water partition coefficient (Wildman–Crippen LogP) is 3.56. The summed E-state index contributed by atoms with van der Waals surface area (Å²) >= 11 is 0. The first-order chi connectivity index (χ1) is 9.63. The molecule has 0 saturated heterocycles. The Morgan fingerprint density at radius 2 is 2.00 bits per heavy atom. The summed E-state index contributed by atoms with van der Waals surface area (Å²) in [5, 5.41) is 2.61. The summed E-state index contributed by atoms with van der Waals surface area (Å²) in [6.45, 7) is 2.02. The maximum Gasteiger partial charge on any atom is 0.258 e. The monoisotopic (exact) mass is 276 g/mol. The second-order valence-electron chi connectivity index (χ2n) is 4.32. The molecule has 0 aliphatic heterocycles. The predicted molar refractivity (Wildman–Crippen MR) is 72.5 cm³/mol. The summed E-state index contributed by atoms with van der Waals surface area (Å²) in [5.41, 5.74) is 1.21. The van der Waals surface area contributed by atoms with Crippen LogP contribution in [0.25, 0.3) is 0 Å². The highest BCUT2D eigenvalue weighted by Gasteiger charge is 2.16. The molecule has 3 nitrogen and oxygen atoms in total. The van der Waals surface area contributed by atoms with E-state index in [0.717, 1.165) is 30.7 Å². The molecule has 0 spiro atoms. The number of benzene rings is 1. The third kappa shape index (κ3) is 2.99. The van der Waals surface area contributed by atoms with E-state index in [0.29, 0.717) is 5.69 Å². The Morgan fingerprint density at radius 1 is 1.25 bits per heavy atom. The first-order valence-corrected chi connectivity index (χ1v) is 6.32. The molecule has 2 aromatic rings. The van der Waals surface area contributed by atoms with E-state index in [1.54, 1.807) is 12.1 Å². The summed E-state index contributed by atoms with van der Waals surface area (Å²) in [4.78, 5) is 15.2. The Kier molecular flexibility index (Phi) is 4.40. The van der Waals surface area contributed by atoms with E-state index in [2.05, 4.69) is 10.3 Å². The Hall–Kier alpha value is -2.30. The van der Waals surface area contributed by atoms with Crippen molar-refractivity contribution in [2.24, 2.45) is 0 Å². The number of amides is 1. The van der Waals surface area contributed by atoms with Crippen molar-refractivity contribution in [1.82, 2.24) is 4.98 Å². The Labute approximate surface area is 115 Å². The normalized spacial score (nSPS) is 10.3. The van der Waals surface area contributed by atoms with Crippen LogP contribution in [-0.2, 0) is 6.42 Å². The third-order valence-electron chi connectivity index (χ3n) is 2.88. The molecule has 20 heavy (non-hydrogen) atoms. The molecule has 104 valence electrons. The van der Waals surface area contributed by atoms with Gasteiger partial charge in [0.05, 0.1) is 5.56 Å². The largest absolute Gasteiger partial charge is 0.322 e. The molecule has 1 amide bonds. The zero-order valence-corrected chi connectivity index (χ0v) is 11.0. The molecule has 0 fully saturated rings. The molecule has 0 radical (unpaired) electrons. The fraction of sp³-hybridized carbons (Fsp3) is 0.200. The summed E-state index contributed by atoms with van der Waals surface area (Å²) in [6, 6.07) is 8.42. The van der Waals surface area contributed by atoms with Crippen LogP contribution in [0.4, 0.5) is 14.5 Å². The molecule has 0 saturated carbocycles. The minimum Gasteiger partial charge on any atom is -0.322 e. The van der Waals surface area contributed by atoms with Crippen molar-refractivity contribution in [3.05, 3.63) is 59.4 Å². The number of anilines is 1. The zero-order valence-electron chi connectivity index (χ0n) is 11.0. The van der Waals surface area contributed by atoms with E-state index in [1.165, 1.54) is 0 Å². The third-order valence-corrected chi connectivity index (χ3v) is 2.88. The van der Waals surface area contributed by atoms with Gasteiger partial charge in [-0.05, 0) is 24.1 Å². The van der Waals surface area contributed by atoms with Crippen molar-refractivity contribution >= 4 is 11.6 Å². The average Bonchev–Trinajstić information content (AvgIpc) is 2.44. The van der Waals surface area contributed by atoms with Crippen molar-refractivity contribution < 1.29 is 13.6 Å². The smallest absolute Gasteiger partial charge is 0.258 e. The Morgan fingerprint density at radius 3 is 2.75 bits per heavy atom. The molecule has 0 unspecified atom stereocenters. The van der Waals surface area contributed by atoms with Crippen molar-refractivity contribution in [1.29, 1.82) is 0 Å². The number of para-hydroxylation sites is 1.